The van der Waals surface area contributed by atoms with Crippen LogP contribution in [0.5, 0.6) is 0 Å². The SMILES string of the molecule is N[C@@H]1CN(C(=O)CN2C(=O)C3CCCCC3C2=O)C[C@H]1c1ccccc1. The van der Waals surface area contributed by atoms with Crippen LogP contribution < -0.4 is 5.73 Å². The van der Waals surface area contributed by atoms with Gasteiger partial charge in [0, 0.05) is 25.0 Å². The monoisotopic (exact) mass is 355 g/mol. The average molecular weight is 355 g/mol. The van der Waals surface area contributed by atoms with Gasteiger partial charge < -0.3 is 10.6 Å². The second-order valence-electron chi connectivity index (χ2n) is 7.74. The van der Waals surface area contributed by atoms with Gasteiger partial charge in [0.05, 0.1) is 11.8 Å². The number of likely N-dealkylation sites (tertiary alicyclic amines) is 2. The number of carbonyl (C=O) groups is 3. The van der Waals surface area contributed by atoms with Crippen molar-refractivity contribution in [2.24, 2.45) is 17.6 Å². The Hall–Kier alpha value is -2.21. The number of fused-ring (bicyclic) bond motifs is 1. The fourth-order valence-corrected chi connectivity index (χ4v) is 4.71. The lowest BCUT2D eigenvalue weighted by molar-refractivity contribution is -0.146. The molecule has 0 radical (unpaired) electrons. The van der Waals surface area contributed by atoms with Crippen LogP contribution in [0.3, 0.4) is 0 Å². The van der Waals surface area contributed by atoms with Gasteiger partial charge in [0.1, 0.15) is 6.54 Å². The Morgan fingerprint density at radius 1 is 0.962 bits per heavy atom. The number of carbonyl (C=O) groups excluding carboxylic acids is 3. The second-order valence-corrected chi connectivity index (χ2v) is 7.74. The molecule has 3 amide bonds. The normalized spacial score (nSPS) is 31.4. The van der Waals surface area contributed by atoms with E-state index >= 15 is 0 Å². The van der Waals surface area contributed by atoms with E-state index < -0.39 is 0 Å². The van der Waals surface area contributed by atoms with Crippen molar-refractivity contribution in [1.82, 2.24) is 9.80 Å². The van der Waals surface area contributed by atoms with Gasteiger partial charge in [-0.3, -0.25) is 19.3 Å². The molecule has 6 nitrogen and oxygen atoms in total. The van der Waals surface area contributed by atoms with E-state index in [1.54, 1.807) is 4.90 Å². The molecule has 2 unspecified atom stereocenters. The van der Waals surface area contributed by atoms with E-state index in [-0.39, 0.29) is 48.1 Å². The van der Waals surface area contributed by atoms with Gasteiger partial charge in [-0.15, -0.1) is 0 Å². The minimum absolute atomic E-state index is 0.0905. The van der Waals surface area contributed by atoms with Gasteiger partial charge in [0.15, 0.2) is 0 Å². The first-order valence-corrected chi connectivity index (χ1v) is 9.50. The average Bonchev–Trinajstić information content (AvgIpc) is 3.17. The standard InChI is InChI=1S/C20H25N3O3/c21-17-11-22(10-16(17)13-6-2-1-3-7-13)18(24)12-23-19(25)14-8-4-5-9-15(14)20(23)26/h1-3,6-7,14-17H,4-5,8-12,21H2/t14?,15?,16-,17+/m0/s1. The summed E-state index contributed by atoms with van der Waals surface area (Å²) in [5.74, 6) is -0.817. The number of nitrogens with zero attached hydrogens (tertiary/aromatic N) is 2. The van der Waals surface area contributed by atoms with Gasteiger partial charge in [0.2, 0.25) is 17.7 Å². The van der Waals surface area contributed by atoms with Crippen LogP contribution in [0.15, 0.2) is 30.3 Å². The van der Waals surface area contributed by atoms with Crippen LogP contribution >= 0.6 is 0 Å². The summed E-state index contributed by atoms with van der Waals surface area (Å²) >= 11 is 0. The Kier molecular flexibility index (Phi) is 4.53. The van der Waals surface area contributed by atoms with Crippen LogP contribution in [0.25, 0.3) is 0 Å². The molecule has 2 saturated heterocycles. The molecule has 1 aliphatic carbocycles. The van der Waals surface area contributed by atoms with Gasteiger partial charge in [-0.1, -0.05) is 43.2 Å². The van der Waals surface area contributed by atoms with Crippen LogP contribution in [-0.2, 0) is 14.4 Å². The zero-order valence-electron chi connectivity index (χ0n) is 14.8. The maximum absolute atomic E-state index is 12.7. The van der Waals surface area contributed by atoms with E-state index in [0.29, 0.717) is 13.1 Å². The minimum atomic E-state index is -0.207. The molecule has 4 rings (SSSR count). The molecular weight excluding hydrogens is 330 g/mol. The van der Waals surface area contributed by atoms with Gasteiger partial charge in [0.25, 0.3) is 0 Å². The number of rotatable bonds is 3. The molecule has 2 heterocycles. The highest BCUT2D eigenvalue weighted by Crippen LogP contribution is 2.38. The molecule has 6 heteroatoms. The highest BCUT2D eigenvalue weighted by molar-refractivity contribution is 6.07. The second kappa shape index (κ2) is 6.83. The quantitative estimate of drug-likeness (QED) is 0.824. The smallest absolute Gasteiger partial charge is 0.242 e. The molecule has 0 aromatic heterocycles. The molecule has 1 saturated carbocycles. The molecule has 26 heavy (non-hydrogen) atoms. The van der Waals surface area contributed by atoms with E-state index in [2.05, 4.69) is 0 Å². The van der Waals surface area contributed by atoms with Gasteiger partial charge in [-0.05, 0) is 18.4 Å². The number of hydrogen-bond donors (Lipinski definition) is 1. The van der Waals surface area contributed by atoms with E-state index in [4.69, 9.17) is 5.73 Å². The molecular formula is C20H25N3O3. The summed E-state index contributed by atoms with van der Waals surface area (Å²) in [5, 5.41) is 0. The number of benzene rings is 1. The Morgan fingerprint density at radius 3 is 2.19 bits per heavy atom. The molecule has 4 atom stereocenters. The number of hydrogen-bond acceptors (Lipinski definition) is 4. The van der Waals surface area contributed by atoms with Crippen LogP contribution in [0, 0.1) is 11.8 Å². The maximum Gasteiger partial charge on any atom is 0.242 e. The molecule has 3 fully saturated rings. The van der Waals surface area contributed by atoms with Gasteiger partial charge in [-0.2, -0.15) is 0 Å². The summed E-state index contributed by atoms with van der Waals surface area (Å²) in [6.07, 6.45) is 3.51. The topological polar surface area (TPSA) is 83.7 Å². The molecule has 1 aromatic rings. The van der Waals surface area contributed by atoms with Crippen molar-refractivity contribution in [1.29, 1.82) is 0 Å². The lowest BCUT2D eigenvalue weighted by Gasteiger charge is -2.20. The lowest BCUT2D eigenvalue weighted by atomic mass is 9.81. The molecule has 138 valence electrons. The fraction of sp³-hybridized carbons (Fsp3) is 0.550. The maximum atomic E-state index is 12.7. The Balaban J connectivity index is 1.42. The molecule has 0 bridgehead atoms. The first kappa shape index (κ1) is 17.2. The summed E-state index contributed by atoms with van der Waals surface area (Å²) in [6.45, 7) is 0.855. The van der Waals surface area contributed by atoms with E-state index in [1.807, 2.05) is 30.3 Å². The van der Waals surface area contributed by atoms with Gasteiger partial charge in [-0.25, -0.2) is 0 Å². The molecule has 2 N–H and O–H groups in total. The van der Waals surface area contributed by atoms with E-state index in [0.717, 1.165) is 31.2 Å². The van der Waals surface area contributed by atoms with Crippen molar-refractivity contribution in [2.45, 2.75) is 37.6 Å². The lowest BCUT2D eigenvalue weighted by Crippen LogP contribution is -2.43. The van der Waals surface area contributed by atoms with Crippen LogP contribution in [0.2, 0.25) is 0 Å². The van der Waals surface area contributed by atoms with E-state index in [1.165, 1.54) is 4.90 Å². The largest absolute Gasteiger partial charge is 0.339 e. The van der Waals surface area contributed by atoms with Crippen LogP contribution in [-0.4, -0.2) is 53.2 Å². The summed E-state index contributed by atoms with van der Waals surface area (Å²) in [7, 11) is 0. The highest BCUT2D eigenvalue weighted by Gasteiger charge is 2.49. The number of nitrogens with two attached hydrogens (primary N) is 1. The van der Waals surface area contributed by atoms with Crippen molar-refractivity contribution < 1.29 is 14.4 Å². The zero-order chi connectivity index (χ0) is 18.3. The molecule has 1 aromatic carbocycles. The first-order valence-electron chi connectivity index (χ1n) is 9.50. The van der Waals surface area contributed by atoms with Gasteiger partial charge >= 0.3 is 0 Å². The third-order valence-corrected chi connectivity index (χ3v) is 6.17. The Bertz CT molecular complexity index is 696. The van der Waals surface area contributed by atoms with Crippen molar-refractivity contribution >= 4 is 17.7 Å². The minimum Gasteiger partial charge on any atom is -0.339 e. The first-order chi connectivity index (χ1) is 12.6. The number of imide groups is 1. The summed E-state index contributed by atoms with van der Waals surface area (Å²) in [4.78, 5) is 40.8. The highest BCUT2D eigenvalue weighted by atomic mass is 16.2. The van der Waals surface area contributed by atoms with Crippen molar-refractivity contribution in [2.75, 3.05) is 19.6 Å². The predicted octanol–water partition coefficient (Wildman–Crippen LogP) is 1.11. The van der Waals surface area contributed by atoms with Crippen LogP contribution in [0.1, 0.15) is 37.2 Å². The summed E-state index contributed by atoms with van der Waals surface area (Å²) < 4.78 is 0. The Morgan fingerprint density at radius 2 is 1.58 bits per heavy atom. The van der Waals surface area contributed by atoms with E-state index in [9.17, 15) is 14.4 Å². The van der Waals surface area contributed by atoms with Crippen molar-refractivity contribution in [3.8, 4) is 0 Å². The zero-order valence-corrected chi connectivity index (χ0v) is 14.8. The fourth-order valence-electron chi connectivity index (χ4n) is 4.71. The predicted molar refractivity (Wildman–Crippen MR) is 95.9 cm³/mol. The number of amides is 3. The third-order valence-electron chi connectivity index (χ3n) is 6.17. The Labute approximate surface area is 153 Å². The molecule has 3 aliphatic rings. The summed E-state index contributed by atoms with van der Waals surface area (Å²) in [5.41, 5.74) is 7.38. The van der Waals surface area contributed by atoms with Crippen molar-refractivity contribution in [3.05, 3.63) is 35.9 Å². The van der Waals surface area contributed by atoms with Crippen molar-refractivity contribution in [3.63, 3.8) is 0 Å². The molecule has 2 aliphatic heterocycles. The summed E-state index contributed by atoms with van der Waals surface area (Å²) in [6, 6.07) is 9.81. The third kappa shape index (κ3) is 2.92. The molecule has 0 spiro atoms. The van der Waals surface area contributed by atoms with Crippen LogP contribution in [0.4, 0.5) is 0 Å².